The Kier molecular flexibility index (Phi) is 3.86. The monoisotopic (exact) mass is 337 g/mol. The SMILES string of the molecule is CC(C)c1cccc(C(C)C)c1N1C(=O)[C@@H]2C3C=CC(CC3)[C@@H]2C1=O. The highest BCUT2D eigenvalue weighted by Gasteiger charge is 2.57. The molecular formula is C22H27NO2. The van der Waals surface area contributed by atoms with Crippen LogP contribution in [-0.4, -0.2) is 11.8 Å². The van der Waals surface area contributed by atoms with E-state index in [0.717, 1.165) is 29.7 Å². The van der Waals surface area contributed by atoms with Crippen LogP contribution >= 0.6 is 0 Å². The zero-order chi connectivity index (χ0) is 17.9. The maximum absolute atomic E-state index is 13.4. The van der Waals surface area contributed by atoms with Crippen molar-refractivity contribution in [2.24, 2.45) is 23.7 Å². The number of hydrogen-bond acceptors (Lipinski definition) is 2. The minimum atomic E-state index is -0.142. The predicted octanol–water partition coefficient (Wildman–Crippen LogP) is 4.64. The number of hydrogen-bond donors (Lipinski definition) is 0. The Labute approximate surface area is 150 Å². The molecule has 2 unspecified atom stereocenters. The van der Waals surface area contributed by atoms with Crippen molar-refractivity contribution < 1.29 is 9.59 Å². The van der Waals surface area contributed by atoms with E-state index < -0.39 is 0 Å². The first kappa shape index (κ1) is 16.6. The molecule has 132 valence electrons. The minimum Gasteiger partial charge on any atom is -0.274 e. The Hall–Kier alpha value is -1.90. The van der Waals surface area contributed by atoms with Crippen LogP contribution in [0.25, 0.3) is 0 Å². The first-order valence-electron chi connectivity index (χ1n) is 9.60. The van der Waals surface area contributed by atoms with E-state index in [1.54, 1.807) is 4.90 Å². The number of carbonyl (C=O) groups is 2. The quantitative estimate of drug-likeness (QED) is 0.595. The van der Waals surface area contributed by atoms with Gasteiger partial charge in [-0.15, -0.1) is 0 Å². The first-order valence-corrected chi connectivity index (χ1v) is 9.60. The van der Waals surface area contributed by atoms with Gasteiger partial charge in [-0.25, -0.2) is 4.90 Å². The van der Waals surface area contributed by atoms with Crippen LogP contribution in [-0.2, 0) is 9.59 Å². The smallest absolute Gasteiger partial charge is 0.238 e. The van der Waals surface area contributed by atoms with Crippen molar-refractivity contribution in [1.29, 1.82) is 0 Å². The van der Waals surface area contributed by atoms with Crippen LogP contribution < -0.4 is 4.90 Å². The summed E-state index contributed by atoms with van der Waals surface area (Å²) in [6, 6.07) is 6.19. The average molecular weight is 337 g/mol. The fraction of sp³-hybridized carbons (Fsp3) is 0.545. The maximum Gasteiger partial charge on any atom is 0.238 e. The number of amides is 2. The van der Waals surface area contributed by atoms with Gasteiger partial charge in [0.05, 0.1) is 17.5 Å². The highest BCUT2D eigenvalue weighted by Crippen LogP contribution is 2.51. The van der Waals surface area contributed by atoms with Crippen molar-refractivity contribution in [3.8, 4) is 0 Å². The molecule has 1 aromatic carbocycles. The van der Waals surface area contributed by atoms with Crippen LogP contribution in [0.15, 0.2) is 30.4 Å². The molecule has 2 fully saturated rings. The van der Waals surface area contributed by atoms with Crippen LogP contribution in [0.2, 0.25) is 0 Å². The van der Waals surface area contributed by atoms with Crippen molar-refractivity contribution in [1.82, 2.24) is 0 Å². The van der Waals surface area contributed by atoms with Gasteiger partial charge in [0.15, 0.2) is 0 Å². The second-order valence-corrected chi connectivity index (χ2v) is 8.45. The summed E-state index contributed by atoms with van der Waals surface area (Å²) in [7, 11) is 0. The lowest BCUT2D eigenvalue weighted by molar-refractivity contribution is -0.124. The number of rotatable bonds is 3. The van der Waals surface area contributed by atoms with Gasteiger partial charge in [-0.1, -0.05) is 58.0 Å². The molecule has 2 amide bonds. The van der Waals surface area contributed by atoms with Crippen LogP contribution in [0.5, 0.6) is 0 Å². The summed E-state index contributed by atoms with van der Waals surface area (Å²) in [5.41, 5.74) is 3.08. The van der Waals surface area contributed by atoms with Gasteiger partial charge < -0.3 is 0 Å². The van der Waals surface area contributed by atoms with Gasteiger partial charge in [0.1, 0.15) is 0 Å². The summed E-state index contributed by atoms with van der Waals surface area (Å²) in [6.45, 7) is 8.52. The molecule has 1 saturated heterocycles. The summed E-state index contributed by atoms with van der Waals surface area (Å²) in [5.74, 6) is 0.801. The molecule has 1 saturated carbocycles. The molecule has 0 aromatic heterocycles. The molecule has 4 atom stereocenters. The number of allylic oxidation sites excluding steroid dienone is 2. The molecule has 1 aromatic rings. The van der Waals surface area contributed by atoms with Crippen molar-refractivity contribution in [3.63, 3.8) is 0 Å². The topological polar surface area (TPSA) is 37.4 Å². The lowest BCUT2D eigenvalue weighted by Gasteiger charge is -2.38. The van der Waals surface area contributed by atoms with Gasteiger partial charge in [0.25, 0.3) is 0 Å². The molecule has 0 N–H and O–H groups in total. The third-order valence-corrected chi connectivity index (χ3v) is 6.33. The fourth-order valence-corrected chi connectivity index (χ4v) is 5.06. The molecule has 0 radical (unpaired) electrons. The van der Waals surface area contributed by atoms with E-state index in [0.29, 0.717) is 0 Å². The molecule has 3 heteroatoms. The number of anilines is 1. The van der Waals surface area contributed by atoms with Crippen molar-refractivity contribution >= 4 is 17.5 Å². The van der Waals surface area contributed by atoms with E-state index in [1.807, 2.05) is 0 Å². The van der Waals surface area contributed by atoms with Crippen LogP contribution in [0, 0.1) is 23.7 Å². The molecule has 3 nitrogen and oxygen atoms in total. The molecular weight excluding hydrogens is 310 g/mol. The van der Waals surface area contributed by atoms with Crippen molar-refractivity contribution in [3.05, 3.63) is 41.5 Å². The lowest BCUT2D eigenvalue weighted by Crippen LogP contribution is -2.38. The Morgan fingerprint density at radius 1 is 0.840 bits per heavy atom. The second kappa shape index (κ2) is 5.82. The molecule has 1 heterocycles. The Bertz CT molecular complexity index is 703. The molecule has 25 heavy (non-hydrogen) atoms. The summed E-state index contributed by atoms with van der Waals surface area (Å²) in [6.07, 6.45) is 6.44. The molecule has 1 aliphatic heterocycles. The standard InChI is InChI=1S/C22H27NO2/c1-12(2)16-6-5-7-17(13(3)4)20(16)23-21(24)18-14-8-9-15(11-10-14)19(18)22(23)25/h5-9,12-15,18-19H,10-11H2,1-4H3/t14?,15?,18-,19+. The van der Waals surface area contributed by atoms with Gasteiger partial charge in [-0.2, -0.15) is 0 Å². The number of nitrogens with zero attached hydrogens (tertiary/aromatic N) is 1. The zero-order valence-corrected chi connectivity index (χ0v) is 15.5. The summed E-state index contributed by atoms with van der Waals surface area (Å²) in [4.78, 5) is 28.3. The fourth-order valence-electron chi connectivity index (χ4n) is 5.06. The predicted molar refractivity (Wildman–Crippen MR) is 99.4 cm³/mol. The average Bonchev–Trinajstić information content (AvgIpc) is 2.88. The van der Waals surface area contributed by atoms with Gasteiger partial charge in [-0.3, -0.25) is 9.59 Å². The normalized spacial score (nSPS) is 30.7. The van der Waals surface area contributed by atoms with Crippen molar-refractivity contribution in [2.45, 2.75) is 52.4 Å². The number of imide groups is 1. The van der Waals surface area contributed by atoms with E-state index in [2.05, 4.69) is 58.0 Å². The van der Waals surface area contributed by atoms with E-state index in [-0.39, 0.29) is 47.3 Å². The maximum atomic E-state index is 13.4. The van der Waals surface area contributed by atoms with Crippen molar-refractivity contribution in [2.75, 3.05) is 4.90 Å². The number of benzene rings is 1. The van der Waals surface area contributed by atoms with Gasteiger partial charge in [0.2, 0.25) is 11.8 Å². The number of para-hydroxylation sites is 1. The molecule has 3 aliphatic carbocycles. The van der Waals surface area contributed by atoms with Gasteiger partial charge >= 0.3 is 0 Å². The highest BCUT2D eigenvalue weighted by atomic mass is 16.2. The lowest BCUT2D eigenvalue weighted by atomic mass is 9.63. The Morgan fingerprint density at radius 3 is 1.64 bits per heavy atom. The second-order valence-electron chi connectivity index (χ2n) is 8.45. The molecule has 2 bridgehead atoms. The first-order chi connectivity index (χ1) is 11.9. The largest absolute Gasteiger partial charge is 0.274 e. The van der Waals surface area contributed by atoms with E-state index in [9.17, 15) is 9.59 Å². The van der Waals surface area contributed by atoms with E-state index >= 15 is 0 Å². The Morgan fingerprint density at radius 2 is 1.28 bits per heavy atom. The Balaban J connectivity index is 1.86. The summed E-state index contributed by atoms with van der Waals surface area (Å²) < 4.78 is 0. The molecule has 5 rings (SSSR count). The van der Waals surface area contributed by atoms with E-state index in [4.69, 9.17) is 0 Å². The number of fused-ring (bicyclic) bond motifs is 1. The molecule has 0 spiro atoms. The van der Waals surface area contributed by atoms with Crippen LogP contribution in [0.3, 0.4) is 0 Å². The third-order valence-electron chi connectivity index (χ3n) is 6.33. The van der Waals surface area contributed by atoms with Crippen LogP contribution in [0.1, 0.15) is 63.5 Å². The summed E-state index contributed by atoms with van der Waals surface area (Å²) in [5, 5.41) is 0. The zero-order valence-electron chi connectivity index (χ0n) is 15.5. The third kappa shape index (κ3) is 2.32. The van der Waals surface area contributed by atoms with E-state index in [1.165, 1.54) is 0 Å². The van der Waals surface area contributed by atoms with Crippen LogP contribution in [0.4, 0.5) is 5.69 Å². The highest BCUT2D eigenvalue weighted by molar-refractivity contribution is 6.23. The minimum absolute atomic E-state index is 0.0315. The number of carbonyl (C=O) groups excluding carboxylic acids is 2. The molecule has 4 aliphatic rings. The van der Waals surface area contributed by atoms with Gasteiger partial charge in [0, 0.05) is 0 Å². The summed E-state index contributed by atoms with van der Waals surface area (Å²) >= 11 is 0. The van der Waals surface area contributed by atoms with Gasteiger partial charge in [-0.05, 0) is 47.6 Å².